The maximum absolute atomic E-state index is 7.17. The van der Waals surface area contributed by atoms with Crippen LogP contribution in [0, 0.1) is 0 Å². The SMILES string of the molecule is c1ccc(N(c2ccc3ccc4ccccc4c3c2)c2ccc(-c3cccc4c5ccccc5n(-c5ccccc5)c34)c3oc4ccc5ccccc5c4c23)cc1. The first-order valence-corrected chi connectivity index (χ1v) is 19.5. The fourth-order valence-electron chi connectivity index (χ4n) is 9.24. The Balaban J connectivity index is 1.21. The zero-order valence-electron chi connectivity index (χ0n) is 30.9. The van der Waals surface area contributed by atoms with Crippen molar-refractivity contribution in [2.24, 2.45) is 0 Å². The number of hydrogen-bond acceptors (Lipinski definition) is 2. The molecule has 0 spiro atoms. The molecule has 0 fully saturated rings. The summed E-state index contributed by atoms with van der Waals surface area (Å²) in [4.78, 5) is 2.41. The van der Waals surface area contributed by atoms with Crippen LogP contribution < -0.4 is 4.90 Å². The molecule has 2 heterocycles. The second kappa shape index (κ2) is 12.5. The van der Waals surface area contributed by atoms with Gasteiger partial charge in [-0.2, -0.15) is 0 Å². The quantitative estimate of drug-likeness (QED) is 0.165. The van der Waals surface area contributed by atoms with E-state index in [9.17, 15) is 0 Å². The summed E-state index contributed by atoms with van der Waals surface area (Å²) in [6, 6.07) is 74.4. The summed E-state index contributed by atoms with van der Waals surface area (Å²) in [6.45, 7) is 0. The maximum atomic E-state index is 7.17. The molecule has 12 aromatic rings. The molecule has 0 saturated heterocycles. The average Bonchev–Trinajstić information content (AvgIpc) is 3.85. The Morgan fingerprint density at radius 2 is 1.02 bits per heavy atom. The third-order valence-electron chi connectivity index (χ3n) is 11.7. The van der Waals surface area contributed by atoms with Crippen molar-refractivity contribution in [3.63, 3.8) is 0 Å². The van der Waals surface area contributed by atoms with Gasteiger partial charge in [0.25, 0.3) is 0 Å². The molecule has 2 aromatic heterocycles. The lowest BCUT2D eigenvalue weighted by Gasteiger charge is -2.27. The first-order valence-electron chi connectivity index (χ1n) is 19.5. The van der Waals surface area contributed by atoms with Crippen LogP contribution in [0.25, 0.3) is 92.9 Å². The standard InChI is InChI=1S/C54H34N2O/c1-3-16-38(17-4-1)55(40-30-28-37-27-26-35-14-7-9-20-41(35)47(37)34-40)49-32-31-46(54-52(49)51-42-21-10-8-15-36(42)29-33-50(51)57-54)45-24-13-23-44-43-22-11-12-25-48(43)56(53(44)45)39-18-5-2-6-19-39/h1-34H. The molecular weight excluding hydrogens is 693 g/mol. The first-order chi connectivity index (χ1) is 28.3. The first kappa shape index (κ1) is 31.7. The fourth-order valence-corrected chi connectivity index (χ4v) is 9.24. The van der Waals surface area contributed by atoms with Crippen molar-refractivity contribution in [2.75, 3.05) is 4.90 Å². The van der Waals surface area contributed by atoms with E-state index in [1.807, 2.05) is 0 Å². The van der Waals surface area contributed by atoms with Crippen LogP contribution in [0.3, 0.4) is 0 Å². The predicted octanol–water partition coefficient (Wildman–Crippen LogP) is 15.3. The molecular formula is C54H34N2O. The van der Waals surface area contributed by atoms with E-state index in [-0.39, 0.29) is 0 Å². The summed E-state index contributed by atoms with van der Waals surface area (Å²) in [5, 5.41) is 11.9. The molecule has 0 aliphatic carbocycles. The monoisotopic (exact) mass is 726 g/mol. The van der Waals surface area contributed by atoms with Crippen LogP contribution >= 0.6 is 0 Å². The number of aromatic nitrogens is 1. The van der Waals surface area contributed by atoms with E-state index in [2.05, 4.69) is 216 Å². The highest BCUT2D eigenvalue weighted by Crippen LogP contribution is 2.49. The number of fused-ring (bicyclic) bond motifs is 11. The van der Waals surface area contributed by atoms with Crippen molar-refractivity contribution in [1.82, 2.24) is 4.57 Å². The Hall–Kier alpha value is -7.62. The van der Waals surface area contributed by atoms with E-state index in [1.165, 1.54) is 48.6 Å². The molecule has 266 valence electrons. The Morgan fingerprint density at radius 1 is 0.386 bits per heavy atom. The molecule has 0 atom stereocenters. The fraction of sp³-hybridized carbons (Fsp3) is 0. The summed E-state index contributed by atoms with van der Waals surface area (Å²) in [5.41, 5.74) is 10.6. The number of nitrogens with zero attached hydrogens (tertiary/aromatic N) is 2. The third kappa shape index (κ3) is 4.79. The Bertz CT molecular complexity index is 3520. The van der Waals surface area contributed by atoms with Crippen molar-refractivity contribution in [3.8, 4) is 16.8 Å². The number of furan rings is 1. The lowest BCUT2D eigenvalue weighted by atomic mass is 9.96. The molecule has 0 saturated carbocycles. The Kier molecular flexibility index (Phi) is 6.93. The van der Waals surface area contributed by atoms with E-state index in [0.717, 1.165) is 61.3 Å². The van der Waals surface area contributed by atoms with Crippen LogP contribution in [0.15, 0.2) is 211 Å². The van der Waals surface area contributed by atoms with Crippen molar-refractivity contribution in [1.29, 1.82) is 0 Å². The highest BCUT2D eigenvalue weighted by molar-refractivity contribution is 6.26. The molecule has 0 N–H and O–H groups in total. The number of benzene rings is 10. The number of anilines is 3. The van der Waals surface area contributed by atoms with Gasteiger partial charge in [-0.15, -0.1) is 0 Å². The molecule has 0 amide bonds. The van der Waals surface area contributed by atoms with Gasteiger partial charge in [0.2, 0.25) is 0 Å². The largest absolute Gasteiger partial charge is 0.455 e. The van der Waals surface area contributed by atoms with Crippen molar-refractivity contribution in [3.05, 3.63) is 206 Å². The minimum absolute atomic E-state index is 0.864. The summed E-state index contributed by atoms with van der Waals surface area (Å²) in [6.07, 6.45) is 0. The minimum Gasteiger partial charge on any atom is -0.455 e. The smallest absolute Gasteiger partial charge is 0.145 e. The van der Waals surface area contributed by atoms with Crippen molar-refractivity contribution < 1.29 is 4.42 Å². The number of hydrogen-bond donors (Lipinski definition) is 0. The average molecular weight is 727 g/mol. The van der Waals surface area contributed by atoms with Gasteiger partial charge < -0.3 is 13.9 Å². The molecule has 57 heavy (non-hydrogen) atoms. The van der Waals surface area contributed by atoms with Gasteiger partial charge in [-0.05, 0) is 93.0 Å². The van der Waals surface area contributed by atoms with Crippen LogP contribution in [0.4, 0.5) is 17.1 Å². The van der Waals surface area contributed by atoms with Gasteiger partial charge in [-0.25, -0.2) is 0 Å². The zero-order chi connectivity index (χ0) is 37.5. The number of para-hydroxylation sites is 4. The summed E-state index contributed by atoms with van der Waals surface area (Å²) in [7, 11) is 0. The van der Waals surface area contributed by atoms with Crippen LogP contribution in [0.2, 0.25) is 0 Å². The van der Waals surface area contributed by atoms with Gasteiger partial charge in [-0.3, -0.25) is 0 Å². The molecule has 0 aliphatic rings. The maximum Gasteiger partial charge on any atom is 0.145 e. The van der Waals surface area contributed by atoms with Gasteiger partial charge in [0.05, 0.1) is 22.1 Å². The second-order valence-corrected chi connectivity index (χ2v) is 14.9. The number of rotatable bonds is 5. The van der Waals surface area contributed by atoms with Crippen LogP contribution in [-0.4, -0.2) is 4.57 Å². The zero-order valence-corrected chi connectivity index (χ0v) is 30.9. The van der Waals surface area contributed by atoms with E-state index in [1.54, 1.807) is 0 Å². The van der Waals surface area contributed by atoms with Crippen LogP contribution in [-0.2, 0) is 0 Å². The third-order valence-corrected chi connectivity index (χ3v) is 11.7. The molecule has 0 unspecified atom stereocenters. The van der Waals surface area contributed by atoms with E-state index in [4.69, 9.17) is 4.42 Å². The summed E-state index contributed by atoms with van der Waals surface area (Å²) >= 11 is 0. The van der Waals surface area contributed by atoms with E-state index < -0.39 is 0 Å². The molecule has 0 radical (unpaired) electrons. The topological polar surface area (TPSA) is 21.3 Å². The summed E-state index contributed by atoms with van der Waals surface area (Å²) < 4.78 is 9.58. The lowest BCUT2D eigenvalue weighted by molar-refractivity contribution is 0.670. The van der Waals surface area contributed by atoms with Crippen molar-refractivity contribution >= 4 is 93.1 Å². The Morgan fingerprint density at radius 3 is 1.84 bits per heavy atom. The van der Waals surface area contributed by atoms with Gasteiger partial charge in [0, 0.05) is 44.3 Å². The van der Waals surface area contributed by atoms with Gasteiger partial charge in [0.15, 0.2) is 0 Å². The van der Waals surface area contributed by atoms with Crippen molar-refractivity contribution in [2.45, 2.75) is 0 Å². The predicted molar refractivity (Wildman–Crippen MR) is 241 cm³/mol. The molecule has 0 bridgehead atoms. The molecule has 0 aliphatic heterocycles. The Labute approximate surface area is 328 Å². The summed E-state index contributed by atoms with van der Waals surface area (Å²) in [5.74, 6) is 0. The van der Waals surface area contributed by atoms with E-state index >= 15 is 0 Å². The normalized spacial score (nSPS) is 11.9. The second-order valence-electron chi connectivity index (χ2n) is 14.9. The molecule has 10 aromatic carbocycles. The molecule has 12 rings (SSSR count). The van der Waals surface area contributed by atoms with Gasteiger partial charge >= 0.3 is 0 Å². The van der Waals surface area contributed by atoms with Crippen LogP contribution in [0.5, 0.6) is 0 Å². The highest BCUT2D eigenvalue weighted by atomic mass is 16.3. The molecule has 3 nitrogen and oxygen atoms in total. The minimum atomic E-state index is 0.864. The van der Waals surface area contributed by atoms with Gasteiger partial charge in [-0.1, -0.05) is 146 Å². The highest BCUT2D eigenvalue weighted by Gasteiger charge is 2.25. The molecule has 3 heteroatoms. The van der Waals surface area contributed by atoms with Gasteiger partial charge in [0.1, 0.15) is 11.2 Å². The van der Waals surface area contributed by atoms with Crippen LogP contribution in [0.1, 0.15) is 0 Å². The van der Waals surface area contributed by atoms with E-state index in [0.29, 0.717) is 0 Å². The lowest BCUT2D eigenvalue weighted by Crippen LogP contribution is -2.10.